The van der Waals surface area contributed by atoms with Crippen molar-refractivity contribution in [2.75, 3.05) is 5.32 Å². The highest BCUT2D eigenvalue weighted by Crippen LogP contribution is 2.20. The lowest BCUT2D eigenvalue weighted by Gasteiger charge is -2.16. The van der Waals surface area contributed by atoms with Crippen LogP contribution < -0.4 is 5.32 Å². The second-order valence-corrected chi connectivity index (χ2v) is 6.29. The van der Waals surface area contributed by atoms with Crippen LogP contribution in [-0.4, -0.2) is 10.2 Å². The van der Waals surface area contributed by atoms with Crippen LogP contribution in [0.5, 0.6) is 0 Å². The van der Waals surface area contributed by atoms with Gasteiger partial charge in [0.2, 0.25) is 5.91 Å². The van der Waals surface area contributed by atoms with Crippen LogP contribution in [-0.2, 0) is 4.79 Å². The van der Waals surface area contributed by atoms with E-state index in [0.29, 0.717) is 0 Å². The molecule has 0 bridgehead atoms. The van der Waals surface area contributed by atoms with E-state index in [4.69, 9.17) is 0 Å². The van der Waals surface area contributed by atoms with E-state index >= 15 is 0 Å². The van der Waals surface area contributed by atoms with Gasteiger partial charge in [0, 0.05) is 5.69 Å². The van der Waals surface area contributed by atoms with Gasteiger partial charge in [-0.2, -0.15) is 0 Å². The van der Waals surface area contributed by atoms with Crippen LogP contribution in [0.4, 0.5) is 5.69 Å². The maximum Gasteiger partial charge on any atom is 0.240 e. The molecular formula is C12H16BrNO. The fourth-order valence-electron chi connectivity index (χ4n) is 1.33. The van der Waals surface area contributed by atoms with Crippen molar-refractivity contribution in [3.8, 4) is 0 Å². The van der Waals surface area contributed by atoms with Crippen LogP contribution in [0.2, 0.25) is 0 Å². The van der Waals surface area contributed by atoms with Gasteiger partial charge < -0.3 is 5.32 Å². The third-order valence-electron chi connectivity index (χ3n) is 2.02. The van der Waals surface area contributed by atoms with E-state index in [-0.39, 0.29) is 5.91 Å². The summed E-state index contributed by atoms with van der Waals surface area (Å²) in [6.45, 7) is 7.68. The maximum absolute atomic E-state index is 11.7. The summed E-state index contributed by atoms with van der Waals surface area (Å²) in [7, 11) is 0. The van der Waals surface area contributed by atoms with Crippen LogP contribution in [0.1, 0.15) is 25.0 Å². The first-order valence-corrected chi connectivity index (χ1v) is 5.67. The minimum atomic E-state index is -0.537. The molecule has 82 valence electrons. The van der Waals surface area contributed by atoms with E-state index in [9.17, 15) is 4.79 Å². The highest BCUT2D eigenvalue weighted by Gasteiger charge is 2.23. The van der Waals surface area contributed by atoms with E-state index in [2.05, 4.69) is 27.3 Å². The largest absolute Gasteiger partial charge is 0.325 e. The first kappa shape index (κ1) is 12.2. The van der Waals surface area contributed by atoms with Gasteiger partial charge in [0.15, 0.2) is 0 Å². The molecule has 15 heavy (non-hydrogen) atoms. The minimum absolute atomic E-state index is 0.0347. The highest BCUT2D eigenvalue weighted by atomic mass is 79.9. The van der Waals surface area contributed by atoms with Gasteiger partial charge in [-0.05, 0) is 51.0 Å². The molecule has 0 fully saturated rings. The molecule has 0 aromatic heterocycles. The predicted molar refractivity (Wildman–Crippen MR) is 67.6 cm³/mol. The van der Waals surface area contributed by atoms with Gasteiger partial charge in [-0.15, -0.1) is 0 Å². The molecule has 2 nitrogen and oxygen atoms in total. The Morgan fingerprint density at radius 2 is 1.67 bits per heavy atom. The first-order valence-electron chi connectivity index (χ1n) is 4.88. The molecule has 0 saturated heterocycles. The topological polar surface area (TPSA) is 29.1 Å². The van der Waals surface area contributed by atoms with Crippen molar-refractivity contribution in [2.45, 2.75) is 32.0 Å². The molecule has 0 radical (unpaired) electrons. The standard InChI is InChI=1S/C12H16BrNO/c1-8-5-9(2)7-10(6-8)14-11(15)12(3,4)13/h5-7H,1-4H3,(H,14,15). The molecule has 0 spiro atoms. The molecular weight excluding hydrogens is 254 g/mol. The molecule has 0 unspecified atom stereocenters. The van der Waals surface area contributed by atoms with Gasteiger partial charge in [0.1, 0.15) is 0 Å². The monoisotopic (exact) mass is 269 g/mol. The lowest BCUT2D eigenvalue weighted by atomic mass is 10.1. The summed E-state index contributed by atoms with van der Waals surface area (Å²) in [5, 5.41) is 2.88. The summed E-state index contributed by atoms with van der Waals surface area (Å²) in [6, 6.07) is 6.00. The molecule has 1 amide bonds. The lowest BCUT2D eigenvalue weighted by molar-refractivity contribution is -0.117. The van der Waals surface area contributed by atoms with Crippen molar-refractivity contribution in [1.82, 2.24) is 0 Å². The van der Waals surface area contributed by atoms with E-state index in [1.54, 1.807) is 0 Å². The minimum Gasteiger partial charge on any atom is -0.325 e. The smallest absolute Gasteiger partial charge is 0.240 e. The van der Waals surface area contributed by atoms with Gasteiger partial charge in [0.25, 0.3) is 0 Å². The quantitative estimate of drug-likeness (QED) is 0.820. The van der Waals surface area contributed by atoms with Crippen LogP contribution >= 0.6 is 15.9 Å². The lowest BCUT2D eigenvalue weighted by Crippen LogP contribution is -2.30. The molecule has 1 N–H and O–H groups in total. The summed E-state index contributed by atoms with van der Waals surface area (Å²) >= 11 is 3.33. The zero-order valence-electron chi connectivity index (χ0n) is 9.52. The number of anilines is 1. The Kier molecular flexibility index (Phi) is 3.55. The number of hydrogen-bond acceptors (Lipinski definition) is 1. The van der Waals surface area contributed by atoms with Crippen LogP contribution in [0.25, 0.3) is 0 Å². The van der Waals surface area contributed by atoms with E-state index in [0.717, 1.165) is 16.8 Å². The second kappa shape index (κ2) is 4.35. The Morgan fingerprint density at radius 1 is 1.20 bits per heavy atom. The molecule has 1 rings (SSSR count). The number of alkyl halides is 1. The third kappa shape index (κ3) is 3.67. The Labute approximate surface area is 99.2 Å². The second-order valence-electron chi connectivity index (χ2n) is 4.30. The molecule has 1 aromatic rings. The van der Waals surface area contributed by atoms with Crippen LogP contribution in [0.3, 0.4) is 0 Å². The van der Waals surface area contributed by atoms with Crippen molar-refractivity contribution in [3.63, 3.8) is 0 Å². The van der Waals surface area contributed by atoms with Crippen LogP contribution in [0, 0.1) is 13.8 Å². The average Bonchev–Trinajstić information content (AvgIpc) is 1.99. The molecule has 1 aromatic carbocycles. The van der Waals surface area contributed by atoms with Gasteiger partial charge in [-0.25, -0.2) is 0 Å². The van der Waals surface area contributed by atoms with Gasteiger partial charge in [-0.3, -0.25) is 4.79 Å². The predicted octanol–water partition coefficient (Wildman–Crippen LogP) is 3.42. The maximum atomic E-state index is 11.7. The number of benzene rings is 1. The van der Waals surface area contributed by atoms with E-state index in [1.807, 2.05) is 39.8 Å². The zero-order chi connectivity index (χ0) is 11.6. The van der Waals surface area contributed by atoms with Crippen molar-refractivity contribution < 1.29 is 4.79 Å². The van der Waals surface area contributed by atoms with Gasteiger partial charge in [0.05, 0.1) is 4.32 Å². The average molecular weight is 270 g/mol. The van der Waals surface area contributed by atoms with Crippen molar-refractivity contribution in [1.29, 1.82) is 0 Å². The van der Waals surface area contributed by atoms with Crippen molar-refractivity contribution in [3.05, 3.63) is 29.3 Å². The Hall–Kier alpha value is -0.830. The van der Waals surface area contributed by atoms with E-state index < -0.39 is 4.32 Å². The summed E-state index contributed by atoms with van der Waals surface area (Å²) in [5.41, 5.74) is 3.15. The number of carbonyl (C=O) groups excluding carboxylic acids is 1. The molecule has 0 aliphatic carbocycles. The molecule has 3 heteroatoms. The summed E-state index contributed by atoms with van der Waals surface area (Å²) in [6.07, 6.45) is 0. The fraction of sp³-hybridized carbons (Fsp3) is 0.417. The summed E-state index contributed by atoms with van der Waals surface area (Å²) in [4.78, 5) is 11.7. The number of nitrogens with one attached hydrogen (secondary N) is 1. The first-order chi connectivity index (χ1) is 6.79. The van der Waals surface area contributed by atoms with Crippen LogP contribution in [0.15, 0.2) is 18.2 Å². The number of halogens is 1. The SMILES string of the molecule is Cc1cc(C)cc(NC(=O)C(C)(C)Br)c1. The normalized spacial score (nSPS) is 11.3. The Balaban J connectivity index is 2.86. The summed E-state index contributed by atoms with van der Waals surface area (Å²) < 4.78 is -0.537. The molecule has 0 aliphatic heterocycles. The molecule has 0 aliphatic rings. The summed E-state index contributed by atoms with van der Waals surface area (Å²) in [5.74, 6) is -0.0347. The Morgan fingerprint density at radius 3 is 2.07 bits per heavy atom. The van der Waals surface area contributed by atoms with E-state index in [1.165, 1.54) is 0 Å². The number of carbonyl (C=O) groups is 1. The fourth-order valence-corrected chi connectivity index (χ4v) is 1.43. The molecule has 0 atom stereocenters. The molecule has 0 saturated carbocycles. The number of rotatable bonds is 2. The zero-order valence-corrected chi connectivity index (χ0v) is 11.1. The Bertz CT molecular complexity index is 359. The third-order valence-corrected chi connectivity index (χ3v) is 2.38. The van der Waals surface area contributed by atoms with Crippen molar-refractivity contribution in [2.24, 2.45) is 0 Å². The number of aryl methyl sites for hydroxylation is 2. The highest BCUT2D eigenvalue weighted by molar-refractivity contribution is 9.10. The van der Waals surface area contributed by atoms with Gasteiger partial charge in [-0.1, -0.05) is 22.0 Å². The molecule has 0 heterocycles. The number of amides is 1. The van der Waals surface area contributed by atoms with Gasteiger partial charge >= 0.3 is 0 Å². The number of hydrogen-bond donors (Lipinski definition) is 1. The van der Waals surface area contributed by atoms with Crippen molar-refractivity contribution >= 4 is 27.5 Å².